The molecule has 0 bridgehead atoms. The Balaban J connectivity index is 2.06. The van der Waals surface area contributed by atoms with E-state index in [0.717, 1.165) is 12.8 Å². The number of carbonyl (C=O) groups excluding carboxylic acids is 1. The van der Waals surface area contributed by atoms with Crippen molar-refractivity contribution in [2.75, 3.05) is 6.61 Å². The van der Waals surface area contributed by atoms with Crippen molar-refractivity contribution in [2.24, 2.45) is 0 Å². The summed E-state index contributed by atoms with van der Waals surface area (Å²) >= 11 is 0. The Morgan fingerprint density at radius 1 is 1.33 bits per heavy atom. The fourth-order valence-electron chi connectivity index (χ4n) is 1.82. The number of fused-ring (bicyclic) bond motifs is 1. The maximum Gasteiger partial charge on any atom is 0.513 e. The van der Waals surface area contributed by atoms with Crippen LogP contribution in [0, 0.1) is 6.92 Å². The maximum absolute atomic E-state index is 11.0. The Kier molecular flexibility index (Phi) is 2.90. The Morgan fingerprint density at radius 3 is 2.93 bits per heavy atom. The van der Waals surface area contributed by atoms with Crippen LogP contribution in [0.4, 0.5) is 4.79 Å². The molecule has 1 aromatic carbocycles. The molecular formula is C12H13O3. The Labute approximate surface area is 89.0 Å². The molecule has 1 radical (unpaired) electrons. The summed E-state index contributed by atoms with van der Waals surface area (Å²) in [5, 5.41) is 0. The number of benzene rings is 1. The topological polar surface area (TPSA) is 35.5 Å². The Hall–Kier alpha value is -1.51. The number of hydrogen-bond acceptors (Lipinski definition) is 3. The fraction of sp³-hybridized carbons (Fsp3) is 0.333. The quantitative estimate of drug-likeness (QED) is 0.549. The fourth-order valence-corrected chi connectivity index (χ4v) is 1.82. The van der Waals surface area contributed by atoms with Crippen molar-refractivity contribution in [3.63, 3.8) is 0 Å². The smallest absolute Gasteiger partial charge is 0.434 e. The van der Waals surface area contributed by atoms with Crippen LogP contribution < -0.4 is 4.74 Å². The summed E-state index contributed by atoms with van der Waals surface area (Å²) in [5.41, 5.74) is 2.63. The third kappa shape index (κ3) is 2.29. The SMILES string of the molecule is [CH2]COC(=O)Oc1ccc2c(c1)CCC2. The van der Waals surface area contributed by atoms with Gasteiger partial charge in [-0.1, -0.05) is 6.07 Å². The minimum Gasteiger partial charge on any atom is -0.434 e. The van der Waals surface area contributed by atoms with Crippen molar-refractivity contribution in [3.8, 4) is 5.75 Å². The van der Waals surface area contributed by atoms with Crippen LogP contribution in [-0.2, 0) is 17.6 Å². The van der Waals surface area contributed by atoms with Crippen LogP contribution >= 0.6 is 0 Å². The van der Waals surface area contributed by atoms with E-state index in [1.807, 2.05) is 12.1 Å². The molecule has 0 N–H and O–H groups in total. The average molecular weight is 205 g/mol. The first-order valence-electron chi connectivity index (χ1n) is 5.05. The summed E-state index contributed by atoms with van der Waals surface area (Å²) in [6.07, 6.45) is 2.68. The van der Waals surface area contributed by atoms with Crippen molar-refractivity contribution < 1.29 is 14.3 Å². The molecule has 1 aliphatic carbocycles. The van der Waals surface area contributed by atoms with E-state index < -0.39 is 6.16 Å². The van der Waals surface area contributed by atoms with Gasteiger partial charge in [-0.05, 0) is 49.4 Å². The summed E-state index contributed by atoms with van der Waals surface area (Å²) in [6, 6.07) is 5.72. The molecule has 0 spiro atoms. The zero-order valence-corrected chi connectivity index (χ0v) is 8.49. The van der Waals surface area contributed by atoms with E-state index >= 15 is 0 Å². The molecule has 0 saturated heterocycles. The first kappa shape index (κ1) is 10.0. The van der Waals surface area contributed by atoms with Gasteiger partial charge in [-0.15, -0.1) is 0 Å². The molecule has 0 saturated carbocycles. The second kappa shape index (κ2) is 4.34. The molecule has 3 nitrogen and oxygen atoms in total. The summed E-state index contributed by atoms with van der Waals surface area (Å²) < 4.78 is 9.57. The first-order chi connectivity index (χ1) is 7.29. The average Bonchev–Trinajstić information content (AvgIpc) is 2.65. The van der Waals surface area contributed by atoms with E-state index in [0.29, 0.717) is 5.75 Å². The van der Waals surface area contributed by atoms with Crippen LogP contribution in [0.3, 0.4) is 0 Å². The van der Waals surface area contributed by atoms with Gasteiger partial charge < -0.3 is 9.47 Å². The third-order valence-corrected chi connectivity index (χ3v) is 2.49. The Morgan fingerprint density at radius 2 is 2.13 bits per heavy atom. The molecule has 0 amide bonds. The van der Waals surface area contributed by atoms with Crippen LogP contribution in [0.1, 0.15) is 17.5 Å². The zero-order chi connectivity index (χ0) is 10.7. The van der Waals surface area contributed by atoms with Crippen molar-refractivity contribution in [3.05, 3.63) is 36.2 Å². The maximum atomic E-state index is 11.0. The van der Waals surface area contributed by atoms with Crippen molar-refractivity contribution >= 4 is 6.16 Å². The van der Waals surface area contributed by atoms with E-state index in [-0.39, 0.29) is 6.61 Å². The van der Waals surface area contributed by atoms with Gasteiger partial charge in [-0.3, -0.25) is 0 Å². The molecule has 2 rings (SSSR count). The van der Waals surface area contributed by atoms with Gasteiger partial charge in [-0.2, -0.15) is 0 Å². The predicted molar refractivity (Wildman–Crippen MR) is 55.8 cm³/mol. The van der Waals surface area contributed by atoms with Gasteiger partial charge in [-0.25, -0.2) is 4.79 Å². The molecule has 0 aliphatic heterocycles. The molecule has 0 heterocycles. The van der Waals surface area contributed by atoms with E-state index in [1.54, 1.807) is 6.07 Å². The predicted octanol–water partition coefficient (Wildman–Crippen LogP) is 2.52. The number of rotatable bonds is 2. The molecule has 1 aliphatic rings. The highest BCUT2D eigenvalue weighted by atomic mass is 16.7. The van der Waals surface area contributed by atoms with E-state index in [4.69, 9.17) is 4.74 Å². The van der Waals surface area contributed by atoms with Gasteiger partial charge in [0.15, 0.2) is 0 Å². The molecule has 0 unspecified atom stereocenters. The third-order valence-electron chi connectivity index (χ3n) is 2.49. The van der Waals surface area contributed by atoms with Gasteiger partial charge in [0, 0.05) is 0 Å². The molecule has 15 heavy (non-hydrogen) atoms. The molecule has 0 fully saturated rings. The lowest BCUT2D eigenvalue weighted by molar-refractivity contribution is 0.109. The van der Waals surface area contributed by atoms with E-state index in [2.05, 4.69) is 11.7 Å². The molecule has 0 aromatic heterocycles. The van der Waals surface area contributed by atoms with Gasteiger partial charge >= 0.3 is 6.16 Å². The highest BCUT2D eigenvalue weighted by molar-refractivity contribution is 5.64. The van der Waals surface area contributed by atoms with Gasteiger partial charge in [0.05, 0.1) is 6.61 Å². The lowest BCUT2D eigenvalue weighted by Crippen LogP contribution is -2.10. The van der Waals surface area contributed by atoms with Crippen LogP contribution in [-0.4, -0.2) is 12.8 Å². The van der Waals surface area contributed by atoms with Crippen LogP contribution in [0.15, 0.2) is 18.2 Å². The molecule has 3 heteroatoms. The number of aryl methyl sites for hydroxylation is 2. The van der Waals surface area contributed by atoms with Crippen molar-refractivity contribution in [1.29, 1.82) is 0 Å². The second-order valence-corrected chi connectivity index (χ2v) is 3.48. The largest absolute Gasteiger partial charge is 0.513 e. The summed E-state index contributed by atoms with van der Waals surface area (Å²) in [7, 11) is 0. The lowest BCUT2D eigenvalue weighted by atomic mass is 10.1. The standard InChI is InChI=1S/C12H13O3/c1-2-14-12(13)15-11-7-6-9-4-3-5-10(9)8-11/h6-8H,1-5H2. The van der Waals surface area contributed by atoms with E-state index in [9.17, 15) is 4.79 Å². The highest BCUT2D eigenvalue weighted by Crippen LogP contribution is 2.26. The second-order valence-electron chi connectivity index (χ2n) is 3.48. The normalized spacial score (nSPS) is 13.4. The van der Waals surface area contributed by atoms with Crippen molar-refractivity contribution in [1.82, 2.24) is 0 Å². The van der Waals surface area contributed by atoms with Gasteiger partial charge in [0.1, 0.15) is 5.75 Å². The molecular weight excluding hydrogens is 192 g/mol. The summed E-state index contributed by atoms with van der Waals surface area (Å²) in [6.45, 7) is 3.49. The summed E-state index contributed by atoms with van der Waals surface area (Å²) in [5.74, 6) is 0.550. The number of ether oxygens (including phenoxy) is 2. The molecule has 1 aromatic rings. The van der Waals surface area contributed by atoms with Crippen molar-refractivity contribution in [2.45, 2.75) is 19.3 Å². The van der Waals surface area contributed by atoms with Crippen LogP contribution in [0.5, 0.6) is 5.75 Å². The Bertz CT molecular complexity index is 371. The van der Waals surface area contributed by atoms with Gasteiger partial charge in [0.25, 0.3) is 0 Å². The summed E-state index contributed by atoms with van der Waals surface area (Å²) in [4.78, 5) is 11.0. The number of hydrogen-bond donors (Lipinski definition) is 0. The van der Waals surface area contributed by atoms with Crippen LogP contribution in [0.2, 0.25) is 0 Å². The zero-order valence-electron chi connectivity index (χ0n) is 8.49. The monoisotopic (exact) mass is 205 g/mol. The molecule has 0 atom stereocenters. The van der Waals surface area contributed by atoms with Gasteiger partial charge in [0.2, 0.25) is 0 Å². The van der Waals surface area contributed by atoms with E-state index in [1.165, 1.54) is 17.5 Å². The number of carbonyl (C=O) groups is 1. The minimum atomic E-state index is -0.692. The first-order valence-corrected chi connectivity index (χ1v) is 5.05. The lowest BCUT2D eigenvalue weighted by Gasteiger charge is -2.05. The molecule has 79 valence electrons. The highest BCUT2D eigenvalue weighted by Gasteiger charge is 2.12. The minimum absolute atomic E-state index is 0.0871. The van der Waals surface area contributed by atoms with Crippen LogP contribution in [0.25, 0.3) is 0 Å².